The standard InChI is InChI=1S/C10H12O3/c11-9-2-1-3-10(4-9)13-7-8-5-12-6-8/h1-4,8,11H,5-7H2. The van der Waals surface area contributed by atoms with Crippen LogP contribution >= 0.6 is 0 Å². The van der Waals surface area contributed by atoms with E-state index in [1.807, 2.05) is 6.07 Å². The first-order valence-corrected chi connectivity index (χ1v) is 4.34. The molecule has 0 radical (unpaired) electrons. The van der Waals surface area contributed by atoms with Gasteiger partial charge in [-0.1, -0.05) is 6.07 Å². The molecule has 1 aliphatic heterocycles. The minimum atomic E-state index is 0.238. The molecule has 1 saturated heterocycles. The van der Waals surface area contributed by atoms with Gasteiger partial charge in [0.05, 0.1) is 19.8 Å². The molecule has 1 fully saturated rings. The number of hydrogen-bond donors (Lipinski definition) is 1. The van der Waals surface area contributed by atoms with Crippen molar-refractivity contribution in [1.29, 1.82) is 0 Å². The molecule has 0 aromatic heterocycles. The molecule has 13 heavy (non-hydrogen) atoms. The first-order valence-electron chi connectivity index (χ1n) is 4.34. The average molecular weight is 180 g/mol. The molecule has 1 aromatic carbocycles. The fourth-order valence-corrected chi connectivity index (χ4v) is 1.17. The van der Waals surface area contributed by atoms with Crippen molar-refractivity contribution in [3.63, 3.8) is 0 Å². The molecule has 1 heterocycles. The van der Waals surface area contributed by atoms with E-state index in [4.69, 9.17) is 14.6 Å². The highest BCUT2D eigenvalue weighted by Gasteiger charge is 2.18. The van der Waals surface area contributed by atoms with Crippen LogP contribution in [-0.2, 0) is 4.74 Å². The Morgan fingerprint density at radius 2 is 2.31 bits per heavy atom. The molecule has 0 bridgehead atoms. The smallest absolute Gasteiger partial charge is 0.122 e. The second-order valence-electron chi connectivity index (χ2n) is 3.21. The Balaban J connectivity index is 1.86. The van der Waals surface area contributed by atoms with Crippen LogP contribution < -0.4 is 4.74 Å². The van der Waals surface area contributed by atoms with Crippen LogP contribution in [0, 0.1) is 5.92 Å². The van der Waals surface area contributed by atoms with Crippen molar-refractivity contribution in [2.24, 2.45) is 5.92 Å². The van der Waals surface area contributed by atoms with Gasteiger partial charge in [0.2, 0.25) is 0 Å². The Labute approximate surface area is 76.9 Å². The number of hydrogen-bond acceptors (Lipinski definition) is 3. The fourth-order valence-electron chi connectivity index (χ4n) is 1.17. The van der Waals surface area contributed by atoms with E-state index in [2.05, 4.69) is 0 Å². The van der Waals surface area contributed by atoms with Crippen LogP contribution in [0.2, 0.25) is 0 Å². The van der Waals surface area contributed by atoms with Gasteiger partial charge in [0.1, 0.15) is 11.5 Å². The topological polar surface area (TPSA) is 38.7 Å². The van der Waals surface area contributed by atoms with Crippen LogP contribution in [0.25, 0.3) is 0 Å². The molecule has 1 aliphatic rings. The van der Waals surface area contributed by atoms with Gasteiger partial charge in [0.25, 0.3) is 0 Å². The second kappa shape index (κ2) is 3.66. The maximum atomic E-state index is 9.14. The van der Waals surface area contributed by atoms with Crippen LogP contribution in [0.5, 0.6) is 11.5 Å². The summed E-state index contributed by atoms with van der Waals surface area (Å²) < 4.78 is 10.5. The van der Waals surface area contributed by atoms with Crippen LogP contribution in [-0.4, -0.2) is 24.9 Å². The van der Waals surface area contributed by atoms with Gasteiger partial charge in [0, 0.05) is 12.0 Å². The Kier molecular flexibility index (Phi) is 2.36. The third kappa shape index (κ3) is 2.12. The summed E-state index contributed by atoms with van der Waals surface area (Å²) in [5.41, 5.74) is 0. The molecule has 0 atom stereocenters. The molecule has 1 N–H and O–H groups in total. The largest absolute Gasteiger partial charge is 0.508 e. The van der Waals surface area contributed by atoms with Crippen molar-refractivity contribution in [1.82, 2.24) is 0 Å². The summed E-state index contributed by atoms with van der Waals surface area (Å²) >= 11 is 0. The van der Waals surface area contributed by atoms with Crippen molar-refractivity contribution < 1.29 is 14.6 Å². The van der Waals surface area contributed by atoms with Gasteiger partial charge in [-0.2, -0.15) is 0 Å². The van der Waals surface area contributed by atoms with Gasteiger partial charge in [-0.15, -0.1) is 0 Å². The average Bonchev–Trinajstić information content (AvgIpc) is 2.01. The maximum absolute atomic E-state index is 9.14. The third-order valence-electron chi connectivity index (χ3n) is 2.01. The SMILES string of the molecule is Oc1cccc(OCC2COC2)c1. The van der Waals surface area contributed by atoms with Crippen molar-refractivity contribution >= 4 is 0 Å². The van der Waals surface area contributed by atoms with E-state index in [1.54, 1.807) is 18.2 Å². The minimum Gasteiger partial charge on any atom is -0.508 e. The van der Waals surface area contributed by atoms with E-state index < -0.39 is 0 Å². The molecule has 1 aromatic rings. The molecule has 0 aliphatic carbocycles. The van der Waals surface area contributed by atoms with Crippen LogP contribution in [0.1, 0.15) is 0 Å². The molecule has 2 rings (SSSR count). The minimum absolute atomic E-state index is 0.238. The number of phenolic OH excluding ortho intramolecular Hbond substituents is 1. The molecule has 0 saturated carbocycles. The Bertz CT molecular complexity index is 281. The zero-order valence-corrected chi connectivity index (χ0v) is 7.27. The highest BCUT2D eigenvalue weighted by Crippen LogP contribution is 2.19. The summed E-state index contributed by atoms with van der Waals surface area (Å²) in [5, 5.41) is 9.14. The van der Waals surface area contributed by atoms with Crippen molar-refractivity contribution in [3.05, 3.63) is 24.3 Å². The second-order valence-corrected chi connectivity index (χ2v) is 3.21. The first-order chi connectivity index (χ1) is 6.34. The fraction of sp³-hybridized carbons (Fsp3) is 0.400. The summed E-state index contributed by atoms with van der Waals surface area (Å²) in [5.74, 6) is 1.47. The first kappa shape index (κ1) is 8.38. The zero-order valence-electron chi connectivity index (χ0n) is 7.27. The van der Waals surface area contributed by atoms with Crippen molar-refractivity contribution in [2.45, 2.75) is 0 Å². The molecule has 0 unspecified atom stereocenters. The summed E-state index contributed by atoms with van der Waals surface area (Å²) in [6, 6.07) is 6.83. The summed E-state index contributed by atoms with van der Waals surface area (Å²) in [7, 11) is 0. The Morgan fingerprint density at radius 1 is 1.46 bits per heavy atom. The number of rotatable bonds is 3. The van der Waals surface area contributed by atoms with Gasteiger partial charge in [-0.05, 0) is 12.1 Å². The Hall–Kier alpha value is -1.22. The van der Waals surface area contributed by atoms with Crippen LogP contribution in [0.4, 0.5) is 0 Å². The molecule has 3 nitrogen and oxygen atoms in total. The van der Waals surface area contributed by atoms with Crippen molar-refractivity contribution in [3.8, 4) is 11.5 Å². The van der Waals surface area contributed by atoms with E-state index in [0.717, 1.165) is 13.2 Å². The lowest BCUT2D eigenvalue weighted by atomic mass is 10.1. The van der Waals surface area contributed by atoms with E-state index in [-0.39, 0.29) is 5.75 Å². The van der Waals surface area contributed by atoms with E-state index >= 15 is 0 Å². The maximum Gasteiger partial charge on any atom is 0.122 e. The number of ether oxygens (including phenoxy) is 2. The molecule has 0 amide bonds. The highest BCUT2D eigenvalue weighted by atomic mass is 16.5. The zero-order chi connectivity index (χ0) is 9.10. The lowest BCUT2D eigenvalue weighted by Crippen LogP contribution is -2.32. The van der Waals surface area contributed by atoms with Gasteiger partial charge in [-0.3, -0.25) is 0 Å². The number of benzene rings is 1. The van der Waals surface area contributed by atoms with E-state index in [1.165, 1.54) is 0 Å². The predicted molar refractivity (Wildman–Crippen MR) is 47.9 cm³/mol. The molecule has 3 heteroatoms. The quantitative estimate of drug-likeness (QED) is 0.764. The van der Waals surface area contributed by atoms with Gasteiger partial charge >= 0.3 is 0 Å². The van der Waals surface area contributed by atoms with Crippen LogP contribution in [0.15, 0.2) is 24.3 Å². The summed E-state index contributed by atoms with van der Waals surface area (Å²) in [6.07, 6.45) is 0. The summed E-state index contributed by atoms with van der Waals surface area (Å²) in [4.78, 5) is 0. The van der Waals surface area contributed by atoms with Gasteiger partial charge in [-0.25, -0.2) is 0 Å². The monoisotopic (exact) mass is 180 g/mol. The van der Waals surface area contributed by atoms with E-state index in [9.17, 15) is 0 Å². The normalized spacial score (nSPS) is 16.6. The predicted octanol–water partition coefficient (Wildman–Crippen LogP) is 1.42. The lowest BCUT2D eigenvalue weighted by molar-refractivity contribution is -0.0508. The number of phenols is 1. The summed E-state index contributed by atoms with van der Waals surface area (Å²) in [6.45, 7) is 2.25. The van der Waals surface area contributed by atoms with Crippen molar-refractivity contribution in [2.75, 3.05) is 19.8 Å². The highest BCUT2D eigenvalue weighted by molar-refractivity contribution is 5.31. The number of aromatic hydroxyl groups is 1. The third-order valence-corrected chi connectivity index (χ3v) is 2.01. The Morgan fingerprint density at radius 3 is 2.92 bits per heavy atom. The molecular formula is C10H12O3. The van der Waals surface area contributed by atoms with E-state index in [0.29, 0.717) is 18.3 Å². The molecule has 70 valence electrons. The molecular weight excluding hydrogens is 168 g/mol. The molecule has 0 spiro atoms. The van der Waals surface area contributed by atoms with Crippen LogP contribution in [0.3, 0.4) is 0 Å². The lowest BCUT2D eigenvalue weighted by Gasteiger charge is -2.25. The van der Waals surface area contributed by atoms with Gasteiger partial charge < -0.3 is 14.6 Å². The van der Waals surface area contributed by atoms with Gasteiger partial charge in [0.15, 0.2) is 0 Å².